The molecule has 5 heteroatoms. The van der Waals surface area contributed by atoms with Crippen LogP contribution in [0, 0.1) is 5.41 Å². The molecule has 0 aromatic carbocycles. The molecule has 3 rings (SSSR count). The van der Waals surface area contributed by atoms with Crippen LogP contribution in [-0.2, 0) is 0 Å². The molecule has 18 heavy (non-hydrogen) atoms. The van der Waals surface area contributed by atoms with Gasteiger partial charge in [-0.2, -0.15) is 0 Å². The van der Waals surface area contributed by atoms with Gasteiger partial charge in [-0.1, -0.05) is 13.8 Å². The first kappa shape index (κ1) is 11.7. The van der Waals surface area contributed by atoms with Crippen LogP contribution in [0.5, 0.6) is 0 Å². The number of hydrogen-bond donors (Lipinski definition) is 3. The summed E-state index contributed by atoms with van der Waals surface area (Å²) in [5.41, 5.74) is 5.98. The highest BCUT2D eigenvalue weighted by molar-refractivity contribution is 5.37. The average Bonchev–Trinajstić information content (AvgIpc) is 3.11. The van der Waals surface area contributed by atoms with Gasteiger partial charge in [-0.15, -0.1) is 0 Å². The lowest BCUT2D eigenvalue weighted by Gasteiger charge is -2.50. The molecule has 1 aromatic rings. The summed E-state index contributed by atoms with van der Waals surface area (Å²) in [5.74, 6) is 1.97. The first-order valence-electron chi connectivity index (χ1n) is 6.60. The quantitative estimate of drug-likeness (QED) is 0.750. The van der Waals surface area contributed by atoms with Crippen LogP contribution in [-0.4, -0.2) is 22.1 Å². The Bertz CT molecular complexity index is 518. The maximum absolute atomic E-state index is 11.6. The summed E-state index contributed by atoms with van der Waals surface area (Å²) in [4.78, 5) is 18.9. The van der Waals surface area contributed by atoms with E-state index in [0.717, 1.165) is 25.1 Å². The Kier molecular flexibility index (Phi) is 2.48. The van der Waals surface area contributed by atoms with Crippen molar-refractivity contribution in [1.82, 2.24) is 9.97 Å². The monoisotopic (exact) mass is 248 g/mol. The minimum absolute atomic E-state index is 0.0596. The fourth-order valence-corrected chi connectivity index (χ4v) is 2.48. The second kappa shape index (κ2) is 3.82. The van der Waals surface area contributed by atoms with Crippen molar-refractivity contribution in [2.24, 2.45) is 11.1 Å². The second-order valence-corrected chi connectivity index (χ2v) is 6.15. The molecule has 5 nitrogen and oxygen atoms in total. The van der Waals surface area contributed by atoms with Crippen molar-refractivity contribution in [3.63, 3.8) is 0 Å². The Labute approximate surface area is 106 Å². The molecule has 2 atom stereocenters. The maximum Gasteiger partial charge on any atom is 0.252 e. The minimum atomic E-state index is -0.0733. The Hall–Kier alpha value is -1.36. The van der Waals surface area contributed by atoms with Crippen LogP contribution in [0.1, 0.15) is 44.9 Å². The van der Waals surface area contributed by atoms with Crippen molar-refractivity contribution >= 4 is 5.82 Å². The predicted molar refractivity (Wildman–Crippen MR) is 70.6 cm³/mol. The third kappa shape index (κ3) is 1.92. The van der Waals surface area contributed by atoms with Gasteiger partial charge in [-0.05, 0) is 19.3 Å². The zero-order chi connectivity index (χ0) is 12.9. The SMILES string of the molecule is CC1(C)C(N)CC1Nc1cc(=O)[nH]c(C2CC2)n1. The molecule has 2 saturated carbocycles. The first-order valence-corrected chi connectivity index (χ1v) is 6.60. The number of nitrogens with zero attached hydrogens (tertiary/aromatic N) is 1. The van der Waals surface area contributed by atoms with E-state index in [1.807, 2.05) is 0 Å². The Balaban J connectivity index is 1.79. The Morgan fingerprint density at radius 1 is 1.50 bits per heavy atom. The molecule has 2 aliphatic rings. The molecule has 1 aromatic heterocycles. The van der Waals surface area contributed by atoms with Gasteiger partial charge in [0.25, 0.3) is 5.56 Å². The molecule has 0 bridgehead atoms. The van der Waals surface area contributed by atoms with Gasteiger partial charge in [-0.3, -0.25) is 4.79 Å². The lowest BCUT2D eigenvalue weighted by molar-refractivity contribution is 0.117. The minimum Gasteiger partial charge on any atom is -0.366 e. The summed E-state index contributed by atoms with van der Waals surface area (Å²) in [6.07, 6.45) is 3.19. The van der Waals surface area contributed by atoms with Gasteiger partial charge in [0, 0.05) is 29.5 Å². The van der Waals surface area contributed by atoms with Crippen molar-refractivity contribution in [2.75, 3.05) is 5.32 Å². The number of hydrogen-bond acceptors (Lipinski definition) is 4. The number of aromatic amines is 1. The Morgan fingerprint density at radius 3 is 2.78 bits per heavy atom. The van der Waals surface area contributed by atoms with Crippen LogP contribution in [0.4, 0.5) is 5.82 Å². The van der Waals surface area contributed by atoms with Crippen molar-refractivity contribution in [1.29, 1.82) is 0 Å². The molecular formula is C13H20N4O. The van der Waals surface area contributed by atoms with Crippen LogP contribution in [0.2, 0.25) is 0 Å². The zero-order valence-electron chi connectivity index (χ0n) is 10.9. The molecule has 2 aliphatic carbocycles. The van der Waals surface area contributed by atoms with E-state index < -0.39 is 0 Å². The lowest BCUT2D eigenvalue weighted by atomic mass is 9.63. The Morgan fingerprint density at radius 2 is 2.22 bits per heavy atom. The van der Waals surface area contributed by atoms with E-state index in [2.05, 4.69) is 29.1 Å². The first-order chi connectivity index (χ1) is 8.46. The van der Waals surface area contributed by atoms with E-state index >= 15 is 0 Å². The number of aromatic nitrogens is 2. The van der Waals surface area contributed by atoms with Gasteiger partial charge in [0.2, 0.25) is 0 Å². The molecule has 98 valence electrons. The molecule has 0 saturated heterocycles. The van der Waals surface area contributed by atoms with Crippen molar-refractivity contribution in [2.45, 2.75) is 51.1 Å². The highest BCUT2D eigenvalue weighted by Gasteiger charge is 2.46. The van der Waals surface area contributed by atoms with Gasteiger partial charge in [0.15, 0.2) is 0 Å². The average molecular weight is 248 g/mol. The molecule has 2 unspecified atom stereocenters. The normalized spacial score (nSPS) is 29.7. The molecule has 0 spiro atoms. The molecule has 0 radical (unpaired) electrons. The van der Waals surface area contributed by atoms with Crippen LogP contribution in [0.3, 0.4) is 0 Å². The fraction of sp³-hybridized carbons (Fsp3) is 0.692. The van der Waals surface area contributed by atoms with Gasteiger partial charge in [0.05, 0.1) is 0 Å². The maximum atomic E-state index is 11.6. The number of rotatable bonds is 3. The lowest BCUT2D eigenvalue weighted by Crippen LogP contribution is -2.61. The van der Waals surface area contributed by atoms with Gasteiger partial charge < -0.3 is 16.0 Å². The smallest absolute Gasteiger partial charge is 0.252 e. The van der Waals surface area contributed by atoms with E-state index in [1.54, 1.807) is 0 Å². The van der Waals surface area contributed by atoms with E-state index in [4.69, 9.17) is 5.73 Å². The summed E-state index contributed by atoms with van der Waals surface area (Å²) in [5, 5.41) is 3.35. The summed E-state index contributed by atoms with van der Waals surface area (Å²) < 4.78 is 0. The number of anilines is 1. The summed E-state index contributed by atoms with van der Waals surface area (Å²) in [7, 11) is 0. The van der Waals surface area contributed by atoms with Crippen LogP contribution < -0.4 is 16.6 Å². The second-order valence-electron chi connectivity index (χ2n) is 6.15. The summed E-state index contributed by atoms with van der Waals surface area (Å²) in [6.45, 7) is 4.29. The van der Waals surface area contributed by atoms with Crippen molar-refractivity contribution in [3.8, 4) is 0 Å². The third-order valence-electron chi connectivity index (χ3n) is 4.39. The van der Waals surface area contributed by atoms with Crippen LogP contribution >= 0.6 is 0 Å². The van der Waals surface area contributed by atoms with Gasteiger partial charge >= 0.3 is 0 Å². The predicted octanol–water partition coefficient (Wildman–Crippen LogP) is 1.18. The standard InChI is InChI=1S/C13H20N4O/c1-13(2)8(14)5-9(13)15-10-6-11(18)17-12(16-10)7-3-4-7/h6-9H,3-5,14H2,1-2H3,(H2,15,16,17,18). The number of H-pyrrole nitrogens is 1. The highest BCUT2D eigenvalue weighted by Crippen LogP contribution is 2.41. The van der Waals surface area contributed by atoms with E-state index in [9.17, 15) is 4.79 Å². The molecule has 4 N–H and O–H groups in total. The zero-order valence-corrected chi connectivity index (χ0v) is 10.9. The van der Waals surface area contributed by atoms with Crippen molar-refractivity contribution in [3.05, 3.63) is 22.2 Å². The molecule has 0 aliphatic heterocycles. The molecule has 1 heterocycles. The molecular weight excluding hydrogens is 228 g/mol. The number of nitrogens with two attached hydrogens (primary N) is 1. The van der Waals surface area contributed by atoms with Gasteiger partial charge in [0.1, 0.15) is 11.6 Å². The summed E-state index contributed by atoms with van der Waals surface area (Å²) >= 11 is 0. The fourth-order valence-electron chi connectivity index (χ4n) is 2.48. The topological polar surface area (TPSA) is 83.8 Å². The third-order valence-corrected chi connectivity index (χ3v) is 4.39. The van der Waals surface area contributed by atoms with Crippen LogP contribution in [0.15, 0.2) is 10.9 Å². The molecule has 0 amide bonds. The largest absolute Gasteiger partial charge is 0.366 e. The van der Waals surface area contributed by atoms with E-state index in [1.165, 1.54) is 6.07 Å². The molecule has 2 fully saturated rings. The van der Waals surface area contributed by atoms with Crippen LogP contribution in [0.25, 0.3) is 0 Å². The van der Waals surface area contributed by atoms with Gasteiger partial charge in [-0.25, -0.2) is 4.98 Å². The van der Waals surface area contributed by atoms with E-state index in [0.29, 0.717) is 17.8 Å². The highest BCUT2D eigenvalue weighted by atomic mass is 16.1. The number of nitrogens with one attached hydrogen (secondary N) is 2. The summed E-state index contributed by atoms with van der Waals surface area (Å²) in [6, 6.07) is 2.06. The van der Waals surface area contributed by atoms with Crippen molar-refractivity contribution < 1.29 is 0 Å². The van der Waals surface area contributed by atoms with E-state index in [-0.39, 0.29) is 17.0 Å².